The van der Waals surface area contributed by atoms with Crippen LogP contribution in [0.25, 0.3) is 0 Å². The van der Waals surface area contributed by atoms with Gasteiger partial charge in [-0.3, -0.25) is 4.79 Å². The van der Waals surface area contributed by atoms with Crippen molar-refractivity contribution in [3.8, 4) is 0 Å². The molecule has 1 aliphatic rings. The summed E-state index contributed by atoms with van der Waals surface area (Å²) in [5.41, 5.74) is 1.22. The largest absolute Gasteiger partial charge is 0.469 e. The maximum absolute atomic E-state index is 11.9. The summed E-state index contributed by atoms with van der Waals surface area (Å²) in [6.07, 6.45) is 0.845. The molecule has 0 unspecified atom stereocenters. The van der Waals surface area contributed by atoms with Crippen molar-refractivity contribution < 1.29 is 9.53 Å². The number of carbonyl (C=O) groups excluding carboxylic acids is 1. The van der Waals surface area contributed by atoms with Crippen molar-refractivity contribution in [3.63, 3.8) is 0 Å². The monoisotopic (exact) mass is 279 g/mol. The van der Waals surface area contributed by atoms with E-state index in [1.165, 1.54) is 17.6 Å². The minimum Gasteiger partial charge on any atom is -0.469 e. The Labute approximate surface area is 119 Å². The number of rotatable bonds is 4. The number of ether oxygens (including phenoxy) is 1. The second-order valence-corrected chi connectivity index (χ2v) is 6.67. The zero-order valence-corrected chi connectivity index (χ0v) is 12.5. The highest BCUT2D eigenvalue weighted by atomic mass is 32.2. The molecule has 1 aromatic carbocycles. The summed E-state index contributed by atoms with van der Waals surface area (Å²) < 4.78 is 4.92. The second kappa shape index (κ2) is 6.44. The van der Waals surface area contributed by atoms with Crippen molar-refractivity contribution in [2.24, 2.45) is 5.92 Å². The van der Waals surface area contributed by atoms with Gasteiger partial charge < -0.3 is 10.1 Å². The van der Waals surface area contributed by atoms with E-state index in [0.717, 1.165) is 13.0 Å². The molecule has 1 aromatic rings. The van der Waals surface area contributed by atoms with Crippen LogP contribution >= 0.6 is 11.8 Å². The minimum atomic E-state index is -0.112. The Bertz CT molecular complexity index is 448. The first-order valence-corrected chi connectivity index (χ1v) is 7.58. The lowest BCUT2D eigenvalue weighted by atomic mass is 9.94. The molecule has 3 nitrogen and oxygen atoms in total. The number of thioether (sulfide) groups is 1. The molecule has 2 rings (SSSR count). The Morgan fingerprint density at radius 1 is 1.42 bits per heavy atom. The zero-order chi connectivity index (χ0) is 13.8. The van der Waals surface area contributed by atoms with E-state index in [2.05, 4.69) is 37.4 Å². The van der Waals surface area contributed by atoms with E-state index in [4.69, 9.17) is 4.74 Å². The van der Waals surface area contributed by atoms with Crippen molar-refractivity contribution in [2.75, 3.05) is 13.7 Å². The lowest BCUT2D eigenvalue weighted by Gasteiger charge is -2.21. The third-order valence-corrected chi connectivity index (χ3v) is 4.44. The Morgan fingerprint density at radius 3 is 2.84 bits per heavy atom. The standard InChI is InChI=1S/C15H21NO2S/c1-10(2)19-13-7-5-4-6-11(13)14-12(8-9-16-14)15(17)18-3/h4-7,10,12,14,16H,8-9H2,1-3H3/t12-,14-/m0/s1. The third kappa shape index (κ3) is 3.31. The van der Waals surface area contributed by atoms with Gasteiger partial charge in [0.2, 0.25) is 0 Å². The Morgan fingerprint density at radius 2 is 2.16 bits per heavy atom. The fourth-order valence-electron chi connectivity index (χ4n) is 2.53. The van der Waals surface area contributed by atoms with E-state index in [-0.39, 0.29) is 17.9 Å². The first kappa shape index (κ1) is 14.4. The summed E-state index contributed by atoms with van der Waals surface area (Å²) in [5.74, 6) is -0.182. The summed E-state index contributed by atoms with van der Waals surface area (Å²) >= 11 is 1.84. The molecule has 0 spiro atoms. The van der Waals surface area contributed by atoms with Crippen molar-refractivity contribution in [1.82, 2.24) is 5.32 Å². The van der Waals surface area contributed by atoms with Crippen LogP contribution in [0.2, 0.25) is 0 Å². The van der Waals surface area contributed by atoms with Crippen LogP contribution in [0.15, 0.2) is 29.2 Å². The summed E-state index contributed by atoms with van der Waals surface area (Å²) in [4.78, 5) is 13.1. The average molecular weight is 279 g/mol. The topological polar surface area (TPSA) is 38.3 Å². The molecule has 104 valence electrons. The molecule has 1 saturated heterocycles. The zero-order valence-electron chi connectivity index (χ0n) is 11.7. The number of carbonyl (C=O) groups is 1. The van der Waals surface area contributed by atoms with Crippen LogP contribution < -0.4 is 5.32 Å². The third-order valence-electron chi connectivity index (χ3n) is 3.34. The van der Waals surface area contributed by atoms with Gasteiger partial charge in [0.05, 0.1) is 13.0 Å². The summed E-state index contributed by atoms with van der Waals surface area (Å²) in [6.45, 7) is 5.23. The highest BCUT2D eigenvalue weighted by Gasteiger charge is 2.35. The SMILES string of the molecule is COC(=O)[C@H]1CCN[C@H]1c1ccccc1SC(C)C. The molecular formula is C15H21NO2S. The van der Waals surface area contributed by atoms with Gasteiger partial charge in [-0.25, -0.2) is 0 Å². The number of hydrogen-bond donors (Lipinski definition) is 1. The van der Waals surface area contributed by atoms with Gasteiger partial charge in [0.25, 0.3) is 0 Å². The Hall–Kier alpha value is -1.00. The van der Waals surface area contributed by atoms with E-state index in [1.54, 1.807) is 0 Å². The van der Waals surface area contributed by atoms with E-state index >= 15 is 0 Å². The van der Waals surface area contributed by atoms with Crippen molar-refractivity contribution in [2.45, 2.75) is 36.5 Å². The molecule has 0 radical (unpaired) electrons. The summed E-state index contributed by atoms with van der Waals surface area (Å²) in [7, 11) is 1.46. The molecule has 0 aliphatic carbocycles. The molecule has 1 heterocycles. The number of hydrogen-bond acceptors (Lipinski definition) is 4. The lowest BCUT2D eigenvalue weighted by Crippen LogP contribution is -2.25. The van der Waals surface area contributed by atoms with Crippen LogP contribution in [0.5, 0.6) is 0 Å². The molecule has 0 amide bonds. The van der Waals surface area contributed by atoms with Gasteiger partial charge in [-0.1, -0.05) is 32.0 Å². The highest BCUT2D eigenvalue weighted by molar-refractivity contribution is 8.00. The smallest absolute Gasteiger partial charge is 0.310 e. The number of esters is 1. The molecule has 0 saturated carbocycles. The quantitative estimate of drug-likeness (QED) is 0.679. The van der Waals surface area contributed by atoms with Crippen LogP contribution in [-0.4, -0.2) is 24.9 Å². The molecule has 0 bridgehead atoms. The minimum absolute atomic E-state index is 0.0705. The maximum Gasteiger partial charge on any atom is 0.310 e. The lowest BCUT2D eigenvalue weighted by molar-refractivity contribution is -0.145. The van der Waals surface area contributed by atoms with Gasteiger partial charge >= 0.3 is 5.97 Å². The summed E-state index contributed by atoms with van der Waals surface area (Å²) in [5, 5.41) is 3.96. The van der Waals surface area contributed by atoms with Crippen molar-refractivity contribution in [1.29, 1.82) is 0 Å². The van der Waals surface area contributed by atoms with E-state index in [9.17, 15) is 4.79 Å². The average Bonchev–Trinajstić information content (AvgIpc) is 2.87. The van der Waals surface area contributed by atoms with E-state index in [1.807, 2.05) is 17.8 Å². The predicted molar refractivity (Wildman–Crippen MR) is 78.3 cm³/mol. The molecular weight excluding hydrogens is 258 g/mol. The van der Waals surface area contributed by atoms with Gasteiger partial charge in [0.1, 0.15) is 0 Å². The van der Waals surface area contributed by atoms with Gasteiger partial charge in [-0.05, 0) is 24.6 Å². The van der Waals surface area contributed by atoms with Crippen LogP contribution in [0.1, 0.15) is 31.9 Å². The number of nitrogens with one attached hydrogen (secondary N) is 1. The molecule has 1 N–H and O–H groups in total. The van der Waals surface area contributed by atoms with Gasteiger partial charge in [-0.15, -0.1) is 11.8 Å². The molecule has 19 heavy (non-hydrogen) atoms. The van der Waals surface area contributed by atoms with Crippen molar-refractivity contribution in [3.05, 3.63) is 29.8 Å². The maximum atomic E-state index is 11.9. The fourth-order valence-corrected chi connectivity index (χ4v) is 3.53. The van der Waals surface area contributed by atoms with E-state index in [0.29, 0.717) is 5.25 Å². The van der Waals surface area contributed by atoms with Gasteiger partial charge in [-0.2, -0.15) is 0 Å². The van der Waals surface area contributed by atoms with Crippen LogP contribution in [0, 0.1) is 5.92 Å². The van der Waals surface area contributed by atoms with Crippen LogP contribution in [0.4, 0.5) is 0 Å². The molecule has 4 heteroatoms. The van der Waals surface area contributed by atoms with Crippen molar-refractivity contribution >= 4 is 17.7 Å². The van der Waals surface area contributed by atoms with Gasteiger partial charge in [0.15, 0.2) is 0 Å². The Balaban J connectivity index is 2.27. The van der Waals surface area contributed by atoms with Crippen LogP contribution in [-0.2, 0) is 9.53 Å². The van der Waals surface area contributed by atoms with Gasteiger partial charge in [0, 0.05) is 16.2 Å². The highest BCUT2D eigenvalue weighted by Crippen LogP contribution is 2.37. The first-order valence-electron chi connectivity index (χ1n) is 6.70. The molecule has 0 aromatic heterocycles. The number of methoxy groups -OCH3 is 1. The molecule has 2 atom stereocenters. The van der Waals surface area contributed by atoms with Crippen LogP contribution in [0.3, 0.4) is 0 Å². The number of benzene rings is 1. The molecule has 1 aliphatic heterocycles. The molecule has 1 fully saturated rings. The second-order valence-electron chi connectivity index (χ2n) is 5.05. The predicted octanol–water partition coefficient (Wildman–Crippen LogP) is 3.01. The fraction of sp³-hybridized carbons (Fsp3) is 0.533. The Kier molecular flexibility index (Phi) is 4.88. The van der Waals surface area contributed by atoms with E-state index < -0.39 is 0 Å². The summed E-state index contributed by atoms with van der Waals surface area (Å²) in [6, 6.07) is 8.41. The normalized spacial score (nSPS) is 22.7. The first-order chi connectivity index (χ1) is 9.13.